The first-order valence-electron chi connectivity index (χ1n) is 16.0. The number of hydrogen-bond donors (Lipinski definition) is 0. The van der Waals surface area contributed by atoms with Gasteiger partial charge in [0, 0.05) is 0 Å². The number of benzene rings is 3. The summed E-state index contributed by atoms with van der Waals surface area (Å²) in [4.78, 5) is 44.5. The molecule has 4 aromatic rings. The van der Waals surface area contributed by atoms with Crippen LogP contribution in [0.5, 0.6) is 23.0 Å². The molecule has 1 aromatic heterocycles. The molecular formula is C37H37BrN2O9S. The van der Waals surface area contributed by atoms with Gasteiger partial charge < -0.3 is 28.4 Å². The Labute approximate surface area is 301 Å². The highest BCUT2D eigenvalue weighted by molar-refractivity contribution is 9.10. The molecule has 1 aliphatic heterocycles. The number of rotatable bonds is 14. The maximum Gasteiger partial charge on any atom is 0.343 e. The highest BCUT2D eigenvalue weighted by Crippen LogP contribution is 2.38. The predicted molar refractivity (Wildman–Crippen MR) is 192 cm³/mol. The summed E-state index contributed by atoms with van der Waals surface area (Å²) in [5, 5.41) is 0. The molecule has 0 bridgehead atoms. The van der Waals surface area contributed by atoms with Crippen molar-refractivity contribution >= 4 is 45.3 Å². The minimum absolute atomic E-state index is 0.138. The van der Waals surface area contributed by atoms with Crippen LogP contribution in [-0.4, -0.2) is 50.0 Å². The lowest BCUT2D eigenvalue weighted by Gasteiger charge is -2.25. The van der Waals surface area contributed by atoms with Crippen molar-refractivity contribution in [3.8, 4) is 23.0 Å². The smallest absolute Gasteiger partial charge is 0.343 e. The van der Waals surface area contributed by atoms with Crippen LogP contribution in [-0.2, 0) is 25.7 Å². The molecule has 1 aliphatic rings. The maximum atomic E-state index is 14.3. The number of fused-ring (bicyclic) bond motifs is 1. The number of hydrogen-bond acceptors (Lipinski definition) is 11. The van der Waals surface area contributed by atoms with E-state index in [1.807, 2.05) is 56.3 Å². The van der Waals surface area contributed by atoms with E-state index in [0.29, 0.717) is 73.4 Å². The zero-order chi connectivity index (χ0) is 35.8. The molecule has 0 spiro atoms. The van der Waals surface area contributed by atoms with Crippen molar-refractivity contribution in [1.82, 2.24) is 4.57 Å². The molecule has 0 saturated heterocycles. The number of carbonyl (C=O) groups is 2. The summed E-state index contributed by atoms with van der Waals surface area (Å²) in [5.74, 6) is 0.562. The highest BCUT2D eigenvalue weighted by Gasteiger charge is 2.34. The summed E-state index contributed by atoms with van der Waals surface area (Å²) in [7, 11) is 1.27. The SMILES string of the molecule is CCOC(=O)C1=C(C)N=c2s/c(=C\c3cc(Br)c(OCc4ccccc4)c(OCC)c3)c(=O)n2[C@H]1c1ccc(OCC(=O)OC)c(OCC)c1. The molecule has 0 saturated carbocycles. The van der Waals surface area contributed by atoms with Crippen LogP contribution in [0.2, 0.25) is 0 Å². The second-order valence-corrected chi connectivity index (χ2v) is 12.7. The van der Waals surface area contributed by atoms with Crippen molar-refractivity contribution < 1.29 is 38.0 Å². The van der Waals surface area contributed by atoms with Crippen LogP contribution in [0.1, 0.15) is 50.4 Å². The van der Waals surface area contributed by atoms with Crippen molar-refractivity contribution in [2.75, 3.05) is 33.5 Å². The van der Waals surface area contributed by atoms with Gasteiger partial charge in [-0.2, -0.15) is 0 Å². The van der Waals surface area contributed by atoms with Crippen LogP contribution in [0.3, 0.4) is 0 Å². The van der Waals surface area contributed by atoms with Gasteiger partial charge in [-0.15, -0.1) is 0 Å². The van der Waals surface area contributed by atoms with Crippen LogP contribution in [0.15, 0.2) is 86.2 Å². The van der Waals surface area contributed by atoms with E-state index in [4.69, 9.17) is 28.4 Å². The summed E-state index contributed by atoms with van der Waals surface area (Å²) < 4.78 is 36.3. The third kappa shape index (κ3) is 8.11. The molecule has 0 unspecified atom stereocenters. The number of nitrogens with zero attached hydrogens (tertiary/aromatic N) is 2. The fourth-order valence-electron chi connectivity index (χ4n) is 5.34. The zero-order valence-electron chi connectivity index (χ0n) is 28.3. The molecular weight excluding hydrogens is 728 g/mol. The minimum atomic E-state index is -0.888. The largest absolute Gasteiger partial charge is 0.490 e. The van der Waals surface area contributed by atoms with Gasteiger partial charge in [0.2, 0.25) is 0 Å². The molecule has 0 fully saturated rings. The van der Waals surface area contributed by atoms with Gasteiger partial charge in [0.25, 0.3) is 5.56 Å². The van der Waals surface area contributed by atoms with Crippen molar-refractivity contribution in [2.24, 2.45) is 4.99 Å². The number of allylic oxidation sites excluding steroid dienone is 1. The molecule has 262 valence electrons. The average molecular weight is 766 g/mol. The first kappa shape index (κ1) is 36.4. The number of aromatic nitrogens is 1. The second kappa shape index (κ2) is 16.7. The molecule has 11 nitrogen and oxygen atoms in total. The fraction of sp³-hybridized carbons (Fsp3) is 0.297. The van der Waals surface area contributed by atoms with Crippen LogP contribution in [0.25, 0.3) is 6.08 Å². The third-order valence-electron chi connectivity index (χ3n) is 7.53. The second-order valence-electron chi connectivity index (χ2n) is 10.8. The first-order chi connectivity index (χ1) is 24.2. The lowest BCUT2D eigenvalue weighted by atomic mass is 9.95. The van der Waals surface area contributed by atoms with Gasteiger partial charge in [0.05, 0.1) is 53.2 Å². The van der Waals surface area contributed by atoms with Gasteiger partial charge in [-0.05, 0) is 90.7 Å². The van der Waals surface area contributed by atoms with E-state index >= 15 is 0 Å². The molecule has 13 heteroatoms. The molecule has 2 heterocycles. The summed E-state index contributed by atoms with van der Waals surface area (Å²) in [5.41, 5.74) is 2.56. The van der Waals surface area contributed by atoms with Crippen LogP contribution in [0, 0.1) is 0 Å². The fourth-order valence-corrected chi connectivity index (χ4v) is 6.96. The van der Waals surface area contributed by atoms with Gasteiger partial charge >= 0.3 is 11.9 Å². The van der Waals surface area contributed by atoms with E-state index in [9.17, 15) is 14.4 Å². The Kier molecular flexibility index (Phi) is 12.1. The van der Waals surface area contributed by atoms with Crippen LogP contribution in [0.4, 0.5) is 0 Å². The normalized spacial score (nSPS) is 14.0. The average Bonchev–Trinajstić information content (AvgIpc) is 3.40. The number of carbonyl (C=O) groups excluding carboxylic acids is 2. The van der Waals surface area contributed by atoms with E-state index in [0.717, 1.165) is 5.56 Å². The first-order valence-corrected chi connectivity index (χ1v) is 17.6. The zero-order valence-corrected chi connectivity index (χ0v) is 30.7. The Morgan fingerprint density at radius 1 is 0.920 bits per heavy atom. The molecule has 0 amide bonds. The Morgan fingerprint density at radius 3 is 2.36 bits per heavy atom. The van der Waals surface area contributed by atoms with Crippen LogP contribution >= 0.6 is 27.3 Å². The Hall–Kier alpha value is -4.88. The molecule has 0 N–H and O–H groups in total. The third-order valence-corrected chi connectivity index (χ3v) is 9.10. The lowest BCUT2D eigenvalue weighted by Crippen LogP contribution is -2.40. The topological polar surface area (TPSA) is 124 Å². The van der Waals surface area contributed by atoms with Gasteiger partial charge in [0.1, 0.15) is 6.61 Å². The summed E-state index contributed by atoms with van der Waals surface area (Å²) in [6.07, 6.45) is 1.76. The molecule has 3 aromatic carbocycles. The molecule has 1 atom stereocenters. The van der Waals surface area contributed by atoms with E-state index < -0.39 is 18.0 Å². The molecule has 0 radical (unpaired) electrons. The number of esters is 2. The molecule has 5 rings (SSSR count). The summed E-state index contributed by atoms with van der Waals surface area (Å²) in [6, 6.07) is 17.6. The quantitative estimate of drug-likeness (QED) is 0.154. The van der Waals surface area contributed by atoms with Gasteiger partial charge in [0.15, 0.2) is 34.4 Å². The molecule has 0 aliphatic carbocycles. The van der Waals surface area contributed by atoms with Crippen molar-refractivity contribution in [1.29, 1.82) is 0 Å². The van der Waals surface area contributed by atoms with Crippen molar-refractivity contribution in [2.45, 2.75) is 40.3 Å². The monoisotopic (exact) mass is 764 g/mol. The maximum absolute atomic E-state index is 14.3. The standard InChI is InChI=1S/C37H37BrN2O9S/c1-6-45-28-19-25(14-15-27(28)48-21-31(41)44-5)33-32(36(43)47-8-3)22(4)39-37-40(33)35(42)30(50-37)18-24-16-26(38)34(29(17-24)46-7-2)49-20-23-12-10-9-11-13-23/h9-19,33H,6-8,20-21H2,1-5H3/b30-18-/t33-/m0/s1. The summed E-state index contributed by atoms with van der Waals surface area (Å²) in [6.45, 7) is 8.01. The predicted octanol–water partition coefficient (Wildman–Crippen LogP) is 5.49. The van der Waals surface area contributed by atoms with Crippen LogP contribution < -0.4 is 33.8 Å². The van der Waals surface area contributed by atoms with E-state index in [1.165, 1.54) is 23.0 Å². The summed E-state index contributed by atoms with van der Waals surface area (Å²) >= 11 is 4.84. The highest BCUT2D eigenvalue weighted by atomic mass is 79.9. The number of thiazole rings is 1. The van der Waals surface area contributed by atoms with Gasteiger partial charge in [-0.1, -0.05) is 47.7 Å². The Bertz CT molecular complexity index is 2090. The Balaban J connectivity index is 1.60. The van der Waals surface area contributed by atoms with Gasteiger partial charge in [-0.25, -0.2) is 14.6 Å². The minimum Gasteiger partial charge on any atom is -0.490 e. The van der Waals surface area contributed by atoms with E-state index in [2.05, 4.69) is 20.9 Å². The van der Waals surface area contributed by atoms with E-state index in [1.54, 1.807) is 38.1 Å². The van der Waals surface area contributed by atoms with Crippen molar-refractivity contribution in [3.63, 3.8) is 0 Å². The van der Waals surface area contributed by atoms with Crippen molar-refractivity contribution in [3.05, 3.63) is 113 Å². The number of halogens is 1. The number of ether oxygens (including phenoxy) is 6. The van der Waals surface area contributed by atoms with E-state index in [-0.39, 0.29) is 24.3 Å². The molecule has 50 heavy (non-hydrogen) atoms. The Morgan fingerprint density at radius 2 is 1.66 bits per heavy atom. The lowest BCUT2D eigenvalue weighted by molar-refractivity contribution is -0.143. The number of methoxy groups -OCH3 is 1. The van der Waals surface area contributed by atoms with Gasteiger partial charge in [-0.3, -0.25) is 9.36 Å².